The zero-order valence-corrected chi connectivity index (χ0v) is 9.70. The third-order valence-corrected chi connectivity index (χ3v) is 3.12. The molecular weight excluding hydrogens is 186 g/mol. The molecule has 0 spiro atoms. The average Bonchev–Trinajstić information content (AvgIpc) is 2.58. The van der Waals surface area contributed by atoms with Crippen LogP contribution < -0.4 is 10.2 Å². The monoisotopic (exact) mass is 205 g/mol. The Balaban J connectivity index is 2.21. The van der Waals surface area contributed by atoms with Crippen molar-refractivity contribution in [2.75, 3.05) is 23.8 Å². The number of nitrogens with zero attached hydrogens (tertiary/aromatic N) is 2. The van der Waals surface area contributed by atoms with Gasteiger partial charge in [0.05, 0.1) is 0 Å². The fourth-order valence-electron chi connectivity index (χ4n) is 2.39. The van der Waals surface area contributed by atoms with Gasteiger partial charge in [0.2, 0.25) is 0 Å². The predicted molar refractivity (Wildman–Crippen MR) is 64.4 cm³/mol. The Morgan fingerprint density at radius 1 is 1.47 bits per heavy atom. The molecule has 0 radical (unpaired) electrons. The van der Waals surface area contributed by atoms with Crippen LogP contribution in [-0.4, -0.2) is 24.6 Å². The summed E-state index contributed by atoms with van der Waals surface area (Å²) < 4.78 is 0. The Labute approximate surface area is 91.5 Å². The summed E-state index contributed by atoms with van der Waals surface area (Å²) in [4.78, 5) is 6.70. The Morgan fingerprint density at radius 3 is 2.87 bits per heavy atom. The van der Waals surface area contributed by atoms with Gasteiger partial charge in [-0.15, -0.1) is 0 Å². The van der Waals surface area contributed by atoms with E-state index in [0.717, 1.165) is 18.3 Å². The quantitative estimate of drug-likeness (QED) is 0.803. The molecule has 1 saturated heterocycles. The number of aromatic nitrogens is 1. The molecule has 1 aliphatic heterocycles. The maximum atomic E-state index is 4.24. The van der Waals surface area contributed by atoms with Crippen molar-refractivity contribution >= 4 is 11.5 Å². The Morgan fingerprint density at radius 2 is 2.27 bits per heavy atom. The van der Waals surface area contributed by atoms with Gasteiger partial charge in [-0.1, -0.05) is 6.92 Å². The first kappa shape index (κ1) is 10.3. The van der Waals surface area contributed by atoms with Gasteiger partial charge in [-0.2, -0.15) is 0 Å². The van der Waals surface area contributed by atoms with E-state index in [1.165, 1.54) is 12.1 Å². The molecule has 2 rings (SSSR count). The SMILES string of the molecule is CNc1cc(N2CC(C)CC2C)ccn1. The first-order valence-electron chi connectivity index (χ1n) is 5.61. The molecule has 1 aromatic rings. The molecule has 2 atom stereocenters. The van der Waals surface area contributed by atoms with Crippen LogP contribution in [0.4, 0.5) is 11.5 Å². The zero-order valence-electron chi connectivity index (χ0n) is 9.70. The van der Waals surface area contributed by atoms with Gasteiger partial charge in [-0.25, -0.2) is 4.98 Å². The third-order valence-electron chi connectivity index (χ3n) is 3.12. The standard InChI is InChI=1S/C12H19N3/c1-9-6-10(2)15(8-9)11-4-5-14-12(7-11)13-3/h4-5,7,9-10H,6,8H2,1-3H3,(H,13,14). The van der Waals surface area contributed by atoms with Gasteiger partial charge in [0.15, 0.2) is 0 Å². The van der Waals surface area contributed by atoms with Crippen LogP contribution in [0.1, 0.15) is 20.3 Å². The highest BCUT2D eigenvalue weighted by molar-refractivity contribution is 5.54. The first-order valence-corrected chi connectivity index (χ1v) is 5.61. The lowest BCUT2D eigenvalue weighted by molar-refractivity contribution is 0.625. The van der Waals surface area contributed by atoms with Crippen LogP contribution in [-0.2, 0) is 0 Å². The molecule has 1 aliphatic rings. The Bertz CT molecular complexity index is 337. The summed E-state index contributed by atoms with van der Waals surface area (Å²) in [5.74, 6) is 1.74. The van der Waals surface area contributed by atoms with Gasteiger partial charge in [-0.05, 0) is 25.3 Å². The highest BCUT2D eigenvalue weighted by Crippen LogP contribution is 2.29. The van der Waals surface area contributed by atoms with Crippen molar-refractivity contribution in [2.24, 2.45) is 5.92 Å². The van der Waals surface area contributed by atoms with E-state index in [1.807, 2.05) is 13.2 Å². The maximum Gasteiger partial charge on any atom is 0.127 e. The normalized spacial score (nSPS) is 25.7. The van der Waals surface area contributed by atoms with Gasteiger partial charge < -0.3 is 10.2 Å². The lowest BCUT2D eigenvalue weighted by Gasteiger charge is -2.24. The van der Waals surface area contributed by atoms with Crippen molar-refractivity contribution in [3.63, 3.8) is 0 Å². The van der Waals surface area contributed by atoms with E-state index in [2.05, 4.69) is 41.2 Å². The number of hydrogen-bond donors (Lipinski definition) is 1. The van der Waals surface area contributed by atoms with Crippen molar-refractivity contribution in [3.05, 3.63) is 18.3 Å². The van der Waals surface area contributed by atoms with Gasteiger partial charge in [-0.3, -0.25) is 0 Å². The lowest BCUT2D eigenvalue weighted by atomic mass is 10.1. The van der Waals surface area contributed by atoms with E-state index in [1.54, 1.807) is 0 Å². The summed E-state index contributed by atoms with van der Waals surface area (Å²) in [5, 5.41) is 3.08. The largest absolute Gasteiger partial charge is 0.373 e. The number of rotatable bonds is 2. The molecule has 0 aliphatic carbocycles. The molecule has 0 bridgehead atoms. The van der Waals surface area contributed by atoms with E-state index < -0.39 is 0 Å². The Hall–Kier alpha value is -1.25. The van der Waals surface area contributed by atoms with Crippen molar-refractivity contribution in [3.8, 4) is 0 Å². The van der Waals surface area contributed by atoms with Gasteiger partial charge in [0.25, 0.3) is 0 Å². The number of pyridine rings is 1. The third kappa shape index (κ3) is 2.06. The van der Waals surface area contributed by atoms with Crippen LogP contribution >= 0.6 is 0 Å². The molecule has 2 heterocycles. The number of anilines is 2. The van der Waals surface area contributed by atoms with Crippen LogP contribution in [0.15, 0.2) is 18.3 Å². The second kappa shape index (κ2) is 4.09. The molecule has 82 valence electrons. The van der Waals surface area contributed by atoms with Gasteiger partial charge >= 0.3 is 0 Å². The minimum Gasteiger partial charge on any atom is -0.373 e. The first-order chi connectivity index (χ1) is 7.20. The molecule has 0 saturated carbocycles. The zero-order chi connectivity index (χ0) is 10.8. The van der Waals surface area contributed by atoms with Crippen LogP contribution in [0.25, 0.3) is 0 Å². The predicted octanol–water partition coefficient (Wildman–Crippen LogP) is 2.36. The van der Waals surface area contributed by atoms with Crippen LogP contribution in [0.5, 0.6) is 0 Å². The minimum atomic E-state index is 0.645. The summed E-state index contributed by atoms with van der Waals surface area (Å²) in [7, 11) is 1.90. The smallest absolute Gasteiger partial charge is 0.127 e. The van der Waals surface area contributed by atoms with E-state index >= 15 is 0 Å². The van der Waals surface area contributed by atoms with E-state index in [9.17, 15) is 0 Å². The molecule has 0 amide bonds. The average molecular weight is 205 g/mol. The van der Waals surface area contributed by atoms with Crippen LogP contribution in [0, 0.1) is 5.92 Å². The Kier molecular flexibility index (Phi) is 2.80. The van der Waals surface area contributed by atoms with Crippen molar-refractivity contribution in [1.82, 2.24) is 4.98 Å². The molecule has 3 nitrogen and oxygen atoms in total. The second-order valence-corrected chi connectivity index (χ2v) is 4.49. The molecule has 0 aromatic carbocycles. The molecule has 3 heteroatoms. The van der Waals surface area contributed by atoms with Crippen molar-refractivity contribution in [1.29, 1.82) is 0 Å². The van der Waals surface area contributed by atoms with Crippen molar-refractivity contribution < 1.29 is 0 Å². The van der Waals surface area contributed by atoms with E-state index in [4.69, 9.17) is 0 Å². The maximum absolute atomic E-state index is 4.24. The van der Waals surface area contributed by atoms with Gasteiger partial charge in [0, 0.05) is 37.6 Å². The molecule has 15 heavy (non-hydrogen) atoms. The highest BCUT2D eigenvalue weighted by Gasteiger charge is 2.26. The summed E-state index contributed by atoms with van der Waals surface area (Å²) in [6, 6.07) is 4.86. The highest BCUT2D eigenvalue weighted by atomic mass is 15.2. The lowest BCUT2D eigenvalue weighted by Crippen LogP contribution is -2.26. The van der Waals surface area contributed by atoms with Crippen LogP contribution in [0.3, 0.4) is 0 Å². The topological polar surface area (TPSA) is 28.2 Å². The van der Waals surface area contributed by atoms with E-state index in [0.29, 0.717) is 6.04 Å². The summed E-state index contributed by atoms with van der Waals surface area (Å²) in [5.41, 5.74) is 1.28. The van der Waals surface area contributed by atoms with Gasteiger partial charge in [0.1, 0.15) is 5.82 Å². The molecule has 1 N–H and O–H groups in total. The molecule has 1 fully saturated rings. The number of nitrogens with one attached hydrogen (secondary N) is 1. The molecule has 2 unspecified atom stereocenters. The number of hydrogen-bond acceptors (Lipinski definition) is 3. The summed E-state index contributed by atoms with van der Waals surface area (Å²) in [6.45, 7) is 5.77. The fourth-order valence-corrected chi connectivity index (χ4v) is 2.39. The van der Waals surface area contributed by atoms with Crippen LogP contribution in [0.2, 0.25) is 0 Å². The summed E-state index contributed by atoms with van der Waals surface area (Å²) in [6.07, 6.45) is 3.16. The van der Waals surface area contributed by atoms with E-state index in [-0.39, 0.29) is 0 Å². The second-order valence-electron chi connectivity index (χ2n) is 4.49. The van der Waals surface area contributed by atoms with Crippen molar-refractivity contribution in [2.45, 2.75) is 26.3 Å². The molecular formula is C12H19N3. The molecule has 1 aromatic heterocycles. The fraction of sp³-hybridized carbons (Fsp3) is 0.583. The minimum absolute atomic E-state index is 0.645. The summed E-state index contributed by atoms with van der Waals surface area (Å²) >= 11 is 0.